The summed E-state index contributed by atoms with van der Waals surface area (Å²) in [5.74, 6) is -0.295. The van der Waals surface area contributed by atoms with Crippen LogP contribution in [0.1, 0.15) is 213 Å². The van der Waals surface area contributed by atoms with Gasteiger partial charge >= 0.3 is 0 Å². The quantitative estimate of drug-likeness (QED) is 0.0242. The summed E-state index contributed by atoms with van der Waals surface area (Å²) in [5.41, 5.74) is 0. The van der Waals surface area contributed by atoms with Gasteiger partial charge in [-0.05, 0) is 44.9 Å². The number of carbonyl (C=O) groups excluding carboxylic acids is 1. The van der Waals surface area contributed by atoms with Crippen LogP contribution < -0.4 is 5.32 Å². The van der Waals surface area contributed by atoms with Gasteiger partial charge in [-0.1, -0.05) is 198 Å². The molecule has 0 bridgehead atoms. The first-order valence-electron chi connectivity index (χ1n) is 31.2. The van der Waals surface area contributed by atoms with Crippen LogP contribution in [0.15, 0.2) is 36.5 Å². The molecule has 12 N–H and O–H groups in total. The minimum Gasteiger partial charge on any atom is -0.394 e. The topological polar surface area (TPSA) is 307 Å². The summed E-state index contributed by atoms with van der Waals surface area (Å²) in [5, 5.41) is 120. The van der Waals surface area contributed by atoms with E-state index in [2.05, 4.69) is 43.5 Å². The van der Waals surface area contributed by atoms with E-state index in [-0.39, 0.29) is 18.9 Å². The molecule has 17 unspecified atom stereocenters. The van der Waals surface area contributed by atoms with Crippen molar-refractivity contribution < 1.29 is 89.4 Å². The highest BCUT2D eigenvalue weighted by Crippen LogP contribution is 2.33. The Morgan fingerprint density at radius 2 is 0.800 bits per heavy atom. The van der Waals surface area contributed by atoms with Crippen molar-refractivity contribution >= 4 is 5.91 Å². The van der Waals surface area contributed by atoms with Crippen molar-refractivity contribution in [2.24, 2.45) is 0 Å². The molecule has 0 saturated carbocycles. The van der Waals surface area contributed by atoms with Gasteiger partial charge in [0, 0.05) is 6.42 Å². The molecule has 3 aliphatic heterocycles. The summed E-state index contributed by atoms with van der Waals surface area (Å²) in [6.07, 6.45) is 21.8. The number of unbranched alkanes of at least 4 members (excludes halogenated alkanes) is 26. The van der Waals surface area contributed by atoms with Crippen LogP contribution in [0.4, 0.5) is 0 Å². The highest BCUT2D eigenvalue weighted by atomic mass is 16.8. The maximum absolute atomic E-state index is 13.2. The van der Waals surface area contributed by atoms with Crippen LogP contribution in [-0.4, -0.2) is 193 Å². The Morgan fingerprint density at radius 3 is 1.25 bits per heavy atom. The fourth-order valence-corrected chi connectivity index (χ4v) is 10.5. The third kappa shape index (κ3) is 27.8. The van der Waals surface area contributed by atoms with E-state index in [1.54, 1.807) is 6.08 Å². The van der Waals surface area contributed by atoms with Gasteiger partial charge in [0.1, 0.15) is 73.2 Å². The zero-order valence-corrected chi connectivity index (χ0v) is 48.8. The normalized spacial score (nSPS) is 30.2. The van der Waals surface area contributed by atoms with Crippen molar-refractivity contribution in [3.63, 3.8) is 0 Å². The van der Waals surface area contributed by atoms with E-state index >= 15 is 0 Å². The highest BCUT2D eigenvalue weighted by molar-refractivity contribution is 5.76. The molecule has 0 aromatic carbocycles. The van der Waals surface area contributed by atoms with Gasteiger partial charge in [0.2, 0.25) is 5.91 Å². The van der Waals surface area contributed by atoms with Gasteiger partial charge in [0.25, 0.3) is 0 Å². The molecule has 19 heteroatoms. The first-order valence-corrected chi connectivity index (χ1v) is 31.2. The number of amides is 1. The van der Waals surface area contributed by atoms with E-state index in [0.29, 0.717) is 12.8 Å². The summed E-state index contributed by atoms with van der Waals surface area (Å²) >= 11 is 0. The average Bonchev–Trinajstić information content (AvgIpc) is 3.47. The van der Waals surface area contributed by atoms with Gasteiger partial charge < -0.3 is 89.9 Å². The standard InChI is InChI=1S/C61H111NO18/c1-3-5-7-9-11-13-14-15-16-17-18-19-20-21-22-23-24-25-26-27-28-29-30-31-32-34-36-38-45(66)44(62-49(67)39-37-35-33-12-10-8-6-4-2)43-75-59-55(73)52(70)57(47(41-64)77-59)80-61-56(74)53(71)58(48(42-65)78-61)79-60-54(72)51(69)50(68)46(40-63)76-60/h26-27,30-31,36,38,44-48,50-61,63-66,68-74H,3-25,28-29,32-35,37,39-43H2,1-2H3,(H,62,67)/b27-26+,31-30+,38-36+. The molecule has 0 aromatic heterocycles. The number of nitrogens with one attached hydrogen (secondary N) is 1. The zero-order valence-electron chi connectivity index (χ0n) is 48.8. The van der Waals surface area contributed by atoms with Crippen molar-refractivity contribution in [1.82, 2.24) is 5.32 Å². The van der Waals surface area contributed by atoms with Gasteiger partial charge in [-0.25, -0.2) is 0 Å². The lowest BCUT2D eigenvalue weighted by Gasteiger charge is -2.48. The molecule has 3 rings (SSSR count). The Bertz CT molecular complexity index is 1600. The van der Waals surface area contributed by atoms with E-state index in [9.17, 15) is 61.0 Å². The van der Waals surface area contributed by atoms with E-state index < -0.39 is 124 Å². The summed E-state index contributed by atoms with van der Waals surface area (Å²) in [6, 6.07) is -0.991. The van der Waals surface area contributed by atoms with Gasteiger partial charge in [0.15, 0.2) is 18.9 Å². The third-order valence-electron chi connectivity index (χ3n) is 15.7. The molecule has 3 fully saturated rings. The largest absolute Gasteiger partial charge is 0.394 e. The Hall–Kier alpha value is -1.99. The molecule has 0 aliphatic carbocycles. The lowest BCUT2D eigenvalue weighted by Crippen LogP contribution is -2.66. The van der Waals surface area contributed by atoms with Crippen LogP contribution >= 0.6 is 0 Å². The van der Waals surface area contributed by atoms with Crippen molar-refractivity contribution in [3.8, 4) is 0 Å². The third-order valence-corrected chi connectivity index (χ3v) is 15.7. The number of allylic oxidation sites excluding steroid dienone is 5. The second-order valence-electron chi connectivity index (χ2n) is 22.5. The molecule has 3 heterocycles. The smallest absolute Gasteiger partial charge is 0.220 e. The average molecular weight is 1150 g/mol. The molecule has 1 amide bonds. The van der Waals surface area contributed by atoms with Crippen LogP contribution in [0, 0.1) is 0 Å². The maximum atomic E-state index is 13.2. The lowest BCUT2D eigenvalue weighted by atomic mass is 9.96. The number of rotatable bonds is 46. The molecule has 80 heavy (non-hydrogen) atoms. The molecular weight excluding hydrogens is 1030 g/mol. The van der Waals surface area contributed by atoms with Crippen molar-refractivity contribution in [3.05, 3.63) is 36.5 Å². The van der Waals surface area contributed by atoms with E-state index in [1.807, 2.05) is 6.08 Å². The van der Waals surface area contributed by atoms with Crippen molar-refractivity contribution in [2.45, 2.75) is 317 Å². The number of aliphatic hydroxyl groups is 11. The predicted molar refractivity (Wildman–Crippen MR) is 305 cm³/mol. The maximum Gasteiger partial charge on any atom is 0.220 e. The highest BCUT2D eigenvalue weighted by Gasteiger charge is 2.53. The van der Waals surface area contributed by atoms with Gasteiger partial charge in [-0.15, -0.1) is 0 Å². The molecule has 17 atom stereocenters. The van der Waals surface area contributed by atoms with Crippen LogP contribution in [0.2, 0.25) is 0 Å². The molecule has 19 nitrogen and oxygen atoms in total. The van der Waals surface area contributed by atoms with E-state index in [1.165, 1.54) is 128 Å². The Balaban J connectivity index is 1.43. The zero-order chi connectivity index (χ0) is 58.3. The number of hydrogen-bond acceptors (Lipinski definition) is 18. The van der Waals surface area contributed by atoms with Gasteiger partial charge in [0.05, 0.1) is 38.6 Å². The molecule has 0 radical (unpaired) electrons. The van der Waals surface area contributed by atoms with E-state index in [4.69, 9.17) is 28.4 Å². The molecule has 0 aromatic rings. The Morgan fingerprint density at radius 1 is 0.438 bits per heavy atom. The SMILES string of the molecule is CCCCCCCCCCCCCCCCCCC/C=C/CC/C=C/CC/C=C/C(O)C(COC1OC(CO)C(OC2OC(CO)C(OC3OC(CO)C(O)C(O)C3O)C(O)C2O)C(O)C1O)NC(=O)CCCCCCCCCC. The predicted octanol–water partition coefficient (Wildman–Crippen LogP) is 6.10. The van der Waals surface area contributed by atoms with E-state index in [0.717, 1.165) is 51.4 Å². The first kappa shape index (κ1) is 72.3. The minimum absolute atomic E-state index is 0.232. The summed E-state index contributed by atoms with van der Waals surface area (Å²) in [4.78, 5) is 13.2. The first-order chi connectivity index (χ1) is 38.8. The second kappa shape index (κ2) is 44.5. The summed E-state index contributed by atoms with van der Waals surface area (Å²) < 4.78 is 34.1. The molecule has 3 saturated heterocycles. The summed E-state index contributed by atoms with van der Waals surface area (Å²) in [7, 11) is 0. The van der Waals surface area contributed by atoms with Crippen LogP contribution in [-0.2, 0) is 33.2 Å². The molecule has 0 spiro atoms. The minimum atomic E-state index is -1.98. The number of ether oxygens (including phenoxy) is 6. The summed E-state index contributed by atoms with van der Waals surface area (Å²) in [6.45, 7) is 1.65. The lowest BCUT2D eigenvalue weighted by molar-refractivity contribution is -0.379. The van der Waals surface area contributed by atoms with Crippen molar-refractivity contribution in [2.75, 3.05) is 26.4 Å². The Kier molecular flexibility index (Phi) is 40.2. The Labute approximate surface area is 479 Å². The monoisotopic (exact) mass is 1150 g/mol. The number of aliphatic hydroxyl groups excluding tert-OH is 11. The van der Waals surface area contributed by atoms with Gasteiger partial charge in [-0.2, -0.15) is 0 Å². The molecule has 3 aliphatic rings. The second-order valence-corrected chi connectivity index (χ2v) is 22.5. The number of carbonyl (C=O) groups is 1. The fraction of sp³-hybridized carbons (Fsp3) is 0.885. The van der Waals surface area contributed by atoms with Crippen LogP contribution in [0.5, 0.6) is 0 Å². The van der Waals surface area contributed by atoms with Crippen LogP contribution in [0.3, 0.4) is 0 Å². The molecular formula is C61H111NO18. The van der Waals surface area contributed by atoms with Gasteiger partial charge in [-0.3, -0.25) is 4.79 Å². The molecule has 468 valence electrons. The number of hydrogen-bond donors (Lipinski definition) is 12. The van der Waals surface area contributed by atoms with Crippen molar-refractivity contribution in [1.29, 1.82) is 0 Å². The van der Waals surface area contributed by atoms with Crippen LogP contribution in [0.25, 0.3) is 0 Å². The fourth-order valence-electron chi connectivity index (χ4n) is 10.5.